The van der Waals surface area contributed by atoms with Gasteiger partial charge in [0, 0.05) is 29.8 Å². The van der Waals surface area contributed by atoms with Gasteiger partial charge in [-0.3, -0.25) is 4.79 Å². The van der Waals surface area contributed by atoms with Crippen LogP contribution >= 0.6 is 0 Å². The van der Waals surface area contributed by atoms with E-state index in [-0.39, 0.29) is 5.91 Å². The first-order chi connectivity index (χ1) is 12.7. The molecule has 0 radical (unpaired) electrons. The molecule has 0 atom stereocenters. The van der Waals surface area contributed by atoms with Crippen molar-refractivity contribution in [2.24, 2.45) is 0 Å². The van der Waals surface area contributed by atoms with Crippen LogP contribution in [0.5, 0.6) is 5.75 Å². The molecule has 0 spiro atoms. The lowest BCUT2D eigenvalue weighted by atomic mass is 10.1. The summed E-state index contributed by atoms with van der Waals surface area (Å²) in [5.74, 6) is 2.44. The van der Waals surface area contributed by atoms with Gasteiger partial charge in [-0.15, -0.1) is 10.2 Å². The summed E-state index contributed by atoms with van der Waals surface area (Å²) >= 11 is 0. The second-order valence-electron chi connectivity index (χ2n) is 6.31. The van der Waals surface area contributed by atoms with E-state index in [0.717, 1.165) is 42.3 Å². The summed E-state index contributed by atoms with van der Waals surface area (Å²) in [6.07, 6.45) is 3.32. The SMILES string of the molecule is COc1cccc(C(=O)Nc2ccc(-c3nnc4n3CCCC4)cc2)c1. The molecule has 3 aromatic rings. The van der Waals surface area contributed by atoms with Crippen LogP contribution in [0, 0.1) is 0 Å². The number of aromatic nitrogens is 3. The van der Waals surface area contributed by atoms with Gasteiger partial charge in [0.15, 0.2) is 5.82 Å². The van der Waals surface area contributed by atoms with Crippen molar-refractivity contribution < 1.29 is 9.53 Å². The number of hydrogen-bond donors (Lipinski definition) is 1. The van der Waals surface area contributed by atoms with Crippen molar-refractivity contribution >= 4 is 11.6 Å². The number of carbonyl (C=O) groups is 1. The highest BCUT2D eigenvalue weighted by molar-refractivity contribution is 6.04. The molecule has 0 unspecified atom stereocenters. The summed E-state index contributed by atoms with van der Waals surface area (Å²) in [7, 11) is 1.58. The minimum absolute atomic E-state index is 0.170. The molecule has 2 aromatic carbocycles. The van der Waals surface area contributed by atoms with Crippen LogP contribution in [0.25, 0.3) is 11.4 Å². The highest BCUT2D eigenvalue weighted by Gasteiger charge is 2.17. The molecule has 2 heterocycles. The Balaban J connectivity index is 1.51. The third-order valence-electron chi connectivity index (χ3n) is 4.59. The third kappa shape index (κ3) is 3.18. The van der Waals surface area contributed by atoms with Crippen molar-refractivity contribution in [3.05, 3.63) is 59.9 Å². The van der Waals surface area contributed by atoms with E-state index < -0.39 is 0 Å². The average Bonchev–Trinajstić information content (AvgIpc) is 3.13. The molecular formula is C20H20N4O2. The van der Waals surface area contributed by atoms with Crippen molar-refractivity contribution in [2.75, 3.05) is 12.4 Å². The minimum Gasteiger partial charge on any atom is -0.497 e. The Morgan fingerprint density at radius 2 is 1.96 bits per heavy atom. The molecule has 0 saturated heterocycles. The second kappa shape index (κ2) is 7.00. The van der Waals surface area contributed by atoms with Gasteiger partial charge >= 0.3 is 0 Å². The molecule has 4 rings (SSSR count). The number of aryl methyl sites for hydroxylation is 1. The number of nitrogens with zero attached hydrogens (tertiary/aromatic N) is 3. The van der Waals surface area contributed by atoms with Gasteiger partial charge < -0.3 is 14.6 Å². The lowest BCUT2D eigenvalue weighted by molar-refractivity contribution is 0.102. The summed E-state index contributed by atoms with van der Waals surface area (Å²) in [6, 6.07) is 14.8. The maximum atomic E-state index is 12.4. The fraction of sp³-hybridized carbons (Fsp3) is 0.250. The molecule has 1 aliphatic rings. The monoisotopic (exact) mass is 348 g/mol. The number of hydrogen-bond acceptors (Lipinski definition) is 4. The molecule has 0 fully saturated rings. The zero-order valence-electron chi connectivity index (χ0n) is 14.6. The first-order valence-corrected chi connectivity index (χ1v) is 8.72. The Morgan fingerprint density at radius 3 is 2.77 bits per heavy atom. The van der Waals surface area contributed by atoms with E-state index in [1.54, 1.807) is 25.3 Å². The fourth-order valence-corrected chi connectivity index (χ4v) is 3.19. The molecule has 1 aliphatic heterocycles. The molecular weight excluding hydrogens is 328 g/mol. The van der Waals surface area contributed by atoms with Gasteiger partial charge in [0.2, 0.25) is 0 Å². The van der Waals surface area contributed by atoms with Gasteiger partial charge in [0.1, 0.15) is 11.6 Å². The normalized spacial score (nSPS) is 13.1. The zero-order valence-corrected chi connectivity index (χ0v) is 14.6. The van der Waals surface area contributed by atoms with Crippen molar-refractivity contribution in [3.8, 4) is 17.1 Å². The predicted octanol–water partition coefficient (Wildman–Crippen LogP) is 3.54. The molecule has 0 bridgehead atoms. The lowest BCUT2D eigenvalue weighted by Crippen LogP contribution is -2.12. The number of anilines is 1. The number of fused-ring (bicyclic) bond motifs is 1. The lowest BCUT2D eigenvalue weighted by Gasteiger charge is -2.14. The van der Waals surface area contributed by atoms with E-state index in [1.807, 2.05) is 30.3 Å². The quantitative estimate of drug-likeness (QED) is 0.783. The van der Waals surface area contributed by atoms with Crippen LogP contribution in [-0.4, -0.2) is 27.8 Å². The smallest absolute Gasteiger partial charge is 0.255 e. The van der Waals surface area contributed by atoms with E-state index in [4.69, 9.17) is 4.74 Å². The van der Waals surface area contributed by atoms with E-state index >= 15 is 0 Å². The molecule has 6 nitrogen and oxygen atoms in total. The first-order valence-electron chi connectivity index (χ1n) is 8.72. The average molecular weight is 348 g/mol. The van der Waals surface area contributed by atoms with Crippen LogP contribution in [0.2, 0.25) is 0 Å². The number of nitrogens with one attached hydrogen (secondary N) is 1. The van der Waals surface area contributed by atoms with Crippen LogP contribution in [0.4, 0.5) is 5.69 Å². The molecule has 132 valence electrons. The number of methoxy groups -OCH3 is 1. The van der Waals surface area contributed by atoms with Gasteiger partial charge in [-0.05, 0) is 55.3 Å². The number of carbonyl (C=O) groups excluding carboxylic acids is 1. The van der Waals surface area contributed by atoms with Crippen LogP contribution < -0.4 is 10.1 Å². The van der Waals surface area contributed by atoms with Crippen LogP contribution in [0.15, 0.2) is 48.5 Å². The molecule has 1 amide bonds. The van der Waals surface area contributed by atoms with Gasteiger partial charge in [-0.25, -0.2) is 0 Å². The molecule has 0 saturated carbocycles. The predicted molar refractivity (Wildman–Crippen MR) is 99.3 cm³/mol. The standard InChI is InChI=1S/C20H20N4O2/c1-26-17-6-4-5-15(13-17)20(25)21-16-10-8-14(9-11-16)19-23-22-18-7-2-3-12-24(18)19/h4-6,8-11,13H,2-3,7,12H2,1H3,(H,21,25). The molecule has 6 heteroatoms. The molecule has 1 aromatic heterocycles. The Labute approximate surface area is 151 Å². The zero-order chi connectivity index (χ0) is 17.9. The van der Waals surface area contributed by atoms with Crippen molar-refractivity contribution in [1.29, 1.82) is 0 Å². The first kappa shape index (κ1) is 16.3. The Morgan fingerprint density at radius 1 is 1.12 bits per heavy atom. The Kier molecular flexibility index (Phi) is 4.39. The van der Waals surface area contributed by atoms with Gasteiger partial charge in [-0.1, -0.05) is 6.07 Å². The largest absolute Gasteiger partial charge is 0.497 e. The van der Waals surface area contributed by atoms with Crippen LogP contribution in [0.3, 0.4) is 0 Å². The maximum Gasteiger partial charge on any atom is 0.255 e. The van der Waals surface area contributed by atoms with Crippen LogP contribution in [0.1, 0.15) is 29.0 Å². The topological polar surface area (TPSA) is 69.0 Å². The maximum absolute atomic E-state index is 12.4. The summed E-state index contributed by atoms with van der Waals surface area (Å²) in [5.41, 5.74) is 2.30. The number of amides is 1. The summed E-state index contributed by atoms with van der Waals surface area (Å²) in [4.78, 5) is 12.4. The minimum atomic E-state index is -0.170. The summed E-state index contributed by atoms with van der Waals surface area (Å²) < 4.78 is 7.35. The summed E-state index contributed by atoms with van der Waals surface area (Å²) in [5, 5.41) is 11.5. The summed E-state index contributed by atoms with van der Waals surface area (Å²) in [6.45, 7) is 0.964. The Bertz CT molecular complexity index is 931. The fourth-order valence-electron chi connectivity index (χ4n) is 3.19. The van der Waals surface area contributed by atoms with Crippen molar-refractivity contribution in [3.63, 3.8) is 0 Å². The molecule has 1 N–H and O–H groups in total. The van der Waals surface area contributed by atoms with Crippen molar-refractivity contribution in [2.45, 2.75) is 25.8 Å². The highest BCUT2D eigenvalue weighted by atomic mass is 16.5. The van der Waals surface area contributed by atoms with Crippen molar-refractivity contribution in [1.82, 2.24) is 14.8 Å². The van der Waals surface area contributed by atoms with Gasteiger partial charge in [0.05, 0.1) is 7.11 Å². The number of benzene rings is 2. The van der Waals surface area contributed by atoms with E-state index in [9.17, 15) is 4.79 Å². The van der Waals surface area contributed by atoms with Crippen LogP contribution in [-0.2, 0) is 13.0 Å². The van der Waals surface area contributed by atoms with Gasteiger partial charge in [0.25, 0.3) is 5.91 Å². The number of ether oxygens (including phenoxy) is 1. The molecule has 0 aliphatic carbocycles. The Hall–Kier alpha value is -3.15. The molecule has 26 heavy (non-hydrogen) atoms. The second-order valence-corrected chi connectivity index (χ2v) is 6.31. The van der Waals surface area contributed by atoms with E-state index in [0.29, 0.717) is 11.3 Å². The van der Waals surface area contributed by atoms with E-state index in [1.165, 1.54) is 6.42 Å². The van der Waals surface area contributed by atoms with Gasteiger partial charge in [-0.2, -0.15) is 0 Å². The van der Waals surface area contributed by atoms with E-state index in [2.05, 4.69) is 20.1 Å². The number of rotatable bonds is 4. The highest BCUT2D eigenvalue weighted by Crippen LogP contribution is 2.24. The third-order valence-corrected chi connectivity index (χ3v) is 4.59.